The van der Waals surface area contributed by atoms with Gasteiger partial charge >= 0.3 is 11.9 Å². The fraction of sp³-hybridized carbons (Fsp3) is 0.538. The standard InChI is InChI=1S/C26H36O6S/c1-3-10-25(29)32-23-17-15-20(26(23)33-18-9-5-8-13-24(28)30-2)14-16-21(27)19-31-22-11-6-4-7-12-22/h4,6-7,11-12,14,16,20-21,27H,3,5,8-10,13,15,17-19H2,1-2H3/b16-14+. The molecule has 0 radical (unpaired) electrons. The average molecular weight is 477 g/mol. The van der Waals surface area contributed by atoms with E-state index in [1.807, 2.05) is 43.3 Å². The number of ether oxygens (including phenoxy) is 3. The lowest BCUT2D eigenvalue weighted by atomic mass is 10.1. The summed E-state index contributed by atoms with van der Waals surface area (Å²) in [5, 5.41) is 10.3. The quantitative estimate of drug-likeness (QED) is 0.206. The van der Waals surface area contributed by atoms with Crippen molar-refractivity contribution in [1.29, 1.82) is 0 Å². The number of rotatable bonds is 15. The van der Waals surface area contributed by atoms with Crippen molar-refractivity contribution in [2.24, 2.45) is 5.92 Å². The number of methoxy groups -OCH3 is 1. The second-order valence-electron chi connectivity index (χ2n) is 7.97. The maximum Gasteiger partial charge on any atom is 0.310 e. The van der Waals surface area contributed by atoms with Gasteiger partial charge in [0.2, 0.25) is 0 Å². The van der Waals surface area contributed by atoms with Gasteiger partial charge in [-0.3, -0.25) is 9.59 Å². The number of hydrogen-bond acceptors (Lipinski definition) is 7. The van der Waals surface area contributed by atoms with E-state index in [9.17, 15) is 14.7 Å². The Balaban J connectivity index is 1.90. The topological polar surface area (TPSA) is 82.1 Å². The van der Waals surface area contributed by atoms with E-state index in [-0.39, 0.29) is 24.5 Å². The van der Waals surface area contributed by atoms with Crippen molar-refractivity contribution >= 4 is 23.7 Å². The van der Waals surface area contributed by atoms with Gasteiger partial charge in [0.15, 0.2) is 0 Å². The van der Waals surface area contributed by atoms with Crippen molar-refractivity contribution in [3.63, 3.8) is 0 Å². The Hall–Kier alpha value is -2.25. The minimum Gasteiger partial charge on any atom is -0.491 e. The molecule has 33 heavy (non-hydrogen) atoms. The molecule has 182 valence electrons. The van der Waals surface area contributed by atoms with E-state index in [1.54, 1.807) is 17.8 Å². The molecular formula is C26H36O6S. The number of unbranched alkanes of at least 4 members (excludes halogenated alkanes) is 2. The van der Waals surface area contributed by atoms with Crippen molar-refractivity contribution in [1.82, 2.24) is 0 Å². The zero-order valence-electron chi connectivity index (χ0n) is 19.7. The molecule has 0 aliphatic heterocycles. The van der Waals surface area contributed by atoms with Crippen LogP contribution in [0.1, 0.15) is 58.3 Å². The van der Waals surface area contributed by atoms with E-state index in [4.69, 9.17) is 9.47 Å². The molecule has 0 fully saturated rings. The molecule has 0 saturated carbocycles. The fourth-order valence-corrected chi connectivity index (χ4v) is 4.74. The van der Waals surface area contributed by atoms with Gasteiger partial charge in [-0.15, -0.1) is 11.8 Å². The summed E-state index contributed by atoms with van der Waals surface area (Å²) in [6.07, 6.45) is 8.92. The monoisotopic (exact) mass is 476 g/mol. The van der Waals surface area contributed by atoms with Crippen LogP contribution in [-0.4, -0.2) is 42.6 Å². The highest BCUT2D eigenvalue weighted by atomic mass is 32.2. The largest absolute Gasteiger partial charge is 0.491 e. The molecule has 1 N–H and O–H groups in total. The highest BCUT2D eigenvalue weighted by molar-refractivity contribution is 8.03. The minimum atomic E-state index is -0.721. The SMILES string of the molecule is CCCC(=O)OC1=C(SCCCCCC(=O)OC)C(/C=C/C(O)COc2ccccc2)CC1. The third kappa shape index (κ3) is 10.5. The fourth-order valence-electron chi connectivity index (χ4n) is 3.46. The van der Waals surface area contributed by atoms with Gasteiger partial charge < -0.3 is 19.3 Å². The predicted octanol–water partition coefficient (Wildman–Crippen LogP) is 5.41. The van der Waals surface area contributed by atoms with Gasteiger partial charge in [-0.25, -0.2) is 0 Å². The zero-order valence-corrected chi connectivity index (χ0v) is 20.5. The van der Waals surface area contributed by atoms with Crippen molar-refractivity contribution in [2.75, 3.05) is 19.5 Å². The van der Waals surface area contributed by atoms with Crippen LogP contribution in [0.25, 0.3) is 0 Å². The summed E-state index contributed by atoms with van der Waals surface area (Å²) in [6.45, 7) is 2.14. The lowest BCUT2D eigenvalue weighted by molar-refractivity contribution is -0.141. The second kappa shape index (κ2) is 15.6. The molecule has 0 aromatic heterocycles. The molecule has 0 spiro atoms. The summed E-state index contributed by atoms with van der Waals surface area (Å²) in [7, 11) is 1.41. The van der Waals surface area contributed by atoms with E-state index >= 15 is 0 Å². The number of carbonyl (C=O) groups excluding carboxylic acids is 2. The predicted molar refractivity (Wildman–Crippen MR) is 131 cm³/mol. The van der Waals surface area contributed by atoms with E-state index in [0.717, 1.165) is 54.3 Å². The van der Waals surface area contributed by atoms with Crippen LogP contribution in [0.3, 0.4) is 0 Å². The summed E-state index contributed by atoms with van der Waals surface area (Å²) in [5.41, 5.74) is 0. The number of esters is 2. The van der Waals surface area contributed by atoms with Crippen LogP contribution >= 0.6 is 11.8 Å². The first-order valence-electron chi connectivity index (χ1n) is 11.7. The smallest absolute Gasteiger partial charge is 0.310 e. The van der Waals surface area contributed by atoms with Crippen molar-refractivity contribution in [3.05, 3.63) is 53.1 Å². The van der Waals surface area contributed by atoms with Gasteiger partial charge in [-0.2, -0.15) is 0 Å². The minimum absolute atomic E-state index is 0.112. The number of aliphatic hydroxyl groups excluding tert-OH is 1. The van der Waals surface area contributed by atoms with Gasteiger partial charge in [-0.1, -0.05) is 43.7 Å². The Morgan fingerprint density at radius 3 is 2.67 bits per heavy atom. The van der Waals surface area contributed by atoms with Gasteiger partial charge in [0.05, 0.1) is 7.11 Å². The first kappa shape index (κ1) is 27.0. The van der Waals surface area contributed by atoms with Gasteiger partial charge in [-0.05, 0) is 43.6 Å². The summed E-state index contributed by atoms with van der Waals surface area (Å²) >= 11 is 1.71. The summed E-state index contributed by atoms with van der Waals surface area (Å²) < 4.78 is 16.0. The van der Waals surface area contributed by atoms with Crippen LogP contribution in [0.4, 0.5) is 0 Å². The van der Waals surface area contributed by atoms with Crippen LogP contribution in [-0.2, 0) is 19.1 Å². The van der Waals surface area contributed by atoms with Crippen LogP contribution in [0.5, 0.6) is 5.75 Å². The molecule has 0 bridgehead atoms. The van der Waals surface area contributed by atoms with Gasteiger partial charge in [0, 0.05) is 30.1 Å². The molecule has 1 aliphatic rings. The summed E-state index contributed by atoms with van der Waals surface area (Å²) in [6, 6.07) is 9.40. The summed E-state index contributed by atoms with van der Waals surface area (Å²) in [4.78, 5) is 24.4. The Morgan fingerprint density at radius 2 is 1.94 bits per heavy atom. The zero-order chi connectivity index (χ0) is 23.9. The molecule has 2 atom stereocenters. The molecule has 1 aromatic carbocycles. The Bertz CT molecular complexity index is 789. The molecular weight excluding hydrogens is 440 g/mol. The van der Waals surface area contributed by atoms with Crippen LogP contribution in [0, 0.1) is 5.92 Å². The molecule has 2 unspecified atom stereocenters. The number of aliphatic hydroxyl groups is 1. The van der Waals surface area contributed by atoms with Gasteiger partial charge in [0.1, 0.15) is 24.2 Å². The van der Waals surface area contributed by atoms with Crippen molar-refractivity contribution < 1.29 is 28.9 Å². The Labute approximate surface area is 201 Å². The molecule has 1 aromatic rings. The third-order valence-electron chi connectivity index (χ3n) is 5.23. The highest BCUT2D eigenvalue weighted by Crippen LogP contribution is 2.41. The third-order valence-corrected chi connectivity index (χ3v) is 6.56. The van der Waals surface area contributed by atoms with Crippen molar-refractivity contribution in [3.8, 4) is 5.75 Å². The molecule has 0 saturated heterocycles. The Morgan fingerprint density at radius 1 is 1.15 bits per heavy atom. The highest BCUT2D eigenvalue weighted by Gasteiger charge is 2.27. The number of carbonyl (C=O) groups is 2. The number of para-hydroxylation sites is 1. The number of hydrogen-bond donors (Lipinski definition) is 1. The number of allylic oxidation sites excluding steroid dienone is 3. The molecule has 1 aliphatic carbocycles. The molecule has 7 heteroatoms. The maximum atomic E-state index is 12.1. The van der Waals surface area contributed by atoms with Crippen LogP contribution < -0.4 is 4.74 Å². The second-order valence-corrected chi connectivity index (χ2v) is 9.10. The van der Waals surface area contributed by atoms with E-state index in [1.165, 1.54) is 7.11 Å². The molecule has 0 amide bonds. The van der Waals surface area contributed by atoms with E-state index in [2.05, 4.69) is 4.74 Å². The normalized spacial score (nSPS) is 16.8. The Kier molecular flexibility index (Phi) is 12.7. The molecule has 2 rings (SSSR count). The average Bonchev–Trinajstić information content (AvgIpc) is 3.20. The maximum absolute atomic E-state index is 12.1. The van der Waals surface area contributed by atoms with E-state index in [0.29, 0.717) is 19.3 Å². The first-order valence-corrected chi connectivity index (χ1v) is 12.7. The van der Waals surface area contributed by atoms with Gasteiger partial charge in [0.25, 0.3) is 0 Å². The lowest BCUT2D eigenvalue weighted by Crippen LogP contribution is -2.15. The van der Waals surface area contributed by atoms with Crippen LogP contribution in [0.2, 0.25) is 0 Å². The van der Waals surface area contributed by atoms with Crippen molar-refractivity contribution in [2.45, 2.75) is 64.4 Å². The molecule has 6 nitrogen and oxygen atoms in total. The number of thioether (sulfide) groups is 1. The van der Waals surface area contributed by atoms with E-state index < -0.39 is 6.10 Å². The number of benzene rings is 1. The van der Waals surface area contributed by atoms with Crippen LogP contribution in [0.15, 0.2) is 53.1 Å². The lowest BCUT2D eigenvalue weighted by Gasteiger charge is -2.13. The molecule has 0 heterocycles. The summed E-state index contributed by atoms with van der Waals surface area (Å²) in [5.74, 6) is 2.11. The first-order chi connectivity index (χ1) is 16.0.